The average molecular weight is 177 g/mol. The van der Waals surface area contributed by atoms with E-state index >= 15 is 0 Å². The van der Waals surface area contributed by atoms with Crippen LogP contribution < -0.4 is 5.56 Å². The predicted octanol–water partition coefficient (Wildman–Crippen LogP) is 1.81. The fourth-order valence-corrected chi connectivity index (χ4v) is 1.99. The zero-order chi connectivity index (χ0) is 9.42. The Hall–Kier alpha value is -1.05. The molecule has 0 radical (unpaired) electrons. The number of rotatable bonds is 0. The van der Waals surface area contributed by atoms with Gasteiger partial charge in [-0.1, -0.05) is 6.92 Å². The molecule has 0 saturated heterocycles. The summed E-state index contributed by atoms with van der Waals surface area (Å²) >= 11 is 0. The van der Waals surface area contributed by atoms with E-state index in [0.29, 0.717) is 5.92 Å². The third-order valence-corrected chi connectivity index (χ3v) is 2.86. The van der Waals surface area contributed by atoms with Crippen LogP contribution in [0.1, 0.15) is 30.2 Å². The molecular formula is C11H15NO. The average Bonchev–Trinajstić information content (AvgIpc) is 2.08. The van der Waals surface area contributed by atoms with Crippen molar-refractivity contribution in [2.75, 3.05) is 0 Å². The molecule has 2 heteroatoms. The van der Waals surface area contributed by atoms with Crippen LogP contribution in [0.15, 0.2) is 10.9 Å². The first-order chi connectivity index (χ1) is 6.16. The molecule has 0 saturated carbocycles. The summed E-state index contributed by atoms with van der Waals surface area (Å²) in [5.74, 6) is 0.714. The van der Waals surface area contributed by atoms with Crippen molar-refractivity contribution in [3.05, 3.63) is 33.2 Å². The Labute approximate surface area is 78.0 Å². The summed E-state index contributed by atoms with van der Waals surface area (Å²) in [6.07, 6.45) is 3.40. The number of pyridine rings is 1. The van der Waals surface area contributed by atoms with Crippen LogP contribution in [0.2, 0.25) is 0 Å². The topological polar surface area (TPSA) is 32.9 Å². The highest BCUT2D eigenvalue weighted by Crippen LogP contribution is 2.22. The molecule has 1 heterocycles. The van der Waals surface area contributed by atoms with Gasteiger partial charge in [-0.05, 0) is 43.7 Å². The largest absolute Gasteiger partial charge is 0.326 e. The van der Waals surface area contributed by atoms with Gasteiger partial charge in [-0.3, -0.25) is 4.79 Å². The monoisotopic (exact) mass is 177 g/mol. The summed E-state index contributed by atoms with van der Waals surface area (Å²) in [6.45, 7) is 4.11. The molecule has 0 fully saturated rings. The standard InChI is InChI=1S/C11H15NO/c1-7-3-4-9-6-8(2)11(13)12-10(9)5-7/h6-7H,3-5H2,1-2H3,(H,12,13). The lowest BCUT2D eigenvalue weighted by molar-refractivity contribution is 0.491. The maximum Gasteiger partial charge on any atom is 0.251 e. The normalized spacial score (nSPS) is 21.2. The molecule has 1 aliphatic carbocycles. The number of H-pyrrole nitrogens is 1. The van der Waals surface area contributed by atoms with Crippen LogP contribution in [-0.2, 0) is 12.8 Å². The van der Waals surface area contributed by atoms with Gasteiger partial charge in [0.25, 0.3) is 5.56 Å². The van der Waals surface area contributed by atoms with Crippen LogP contribution in [-0.4, -0.2) is 4.98 Å². The van der Waals surface area contributed by atoms with E-state index in [0.717, 1.165) is 24.1 Å². The van der Waals surface area contributed by atoms with Crippen LogP contribution in [0.25, 0.3) is 0 Å². The minimum Gasteiger partial charge on any atom is -0.326 e. The van der Waals surface area contributed by atoms with Crippen molar-refractivity contribution in [2.24, 2.45) is 5.92 Å². The van der Waals surface area contributed by atoms with E-state index in [2.05, 4.69) is 11.9 Å². The molecule has 1 unspecified atom stereocenters. The minimum absolute atomic E-state index is 0.0767. The Balaban J connectivity index is 2.49. The SMILES string of the molecule is Cc1cc2c([nH]c1=O)CC(C)CC2. The maximum atomic E-state index is 11.3. The van der Waals surface area contributed by atoms with Gasteiger partial charge >= 0.3 is 0 Å². The number of nitrogens with one attached hydrogen (secondary N) is 1. The molecule has 0 aliphatic heterocycles. The molecule has 0 aromatic carbocycles. The summed E-state index contributed by atoms with van der Waals surface area (Å²) in [6, 6.07) is 2.04. The Morgan fingerprint density at radius 3 is 3.08 bits per heavy atom. The van der Waals surface area contributed by atoms with Crippen LogP contribution in [0.5, 0.6) is 0 Å². The molecule has 0 spiro atoms. The Bertz CT molecular complexity index is 378. The highest BCUT2D eigenvalue weighted by atomic mass is 16.1. The highest BCUT2D eigenvalue weighted by molar-refractivity contribution is 5.27. The van der Waals surface area contributed by atoms with Crippen molar-refractivity contribution in [1.82, 2.24) is 4.98 Å². The molecule has 0 bridgehead atoms. The smallest absolute Gasteiger partial charge is 0.251 e. The highest BCUT2D eigenvalue weighted by Gasteiger charge is 2.16. The lowest BCUT2D eigenvalue weighted by Crippen LogP contribution is -2.20. The van der Waals surface area contributed by atoms with Crippen LogP contribution in [0.4, 0.5) is 0 Å². The molecule has 0 amide bonds. The van der Waals surface area contributed by atoms with Crippen LogP contribution in [0.3, 0.4) is 0 Å². The van der Waals surface area contributed by atoms with E-state index in [-0.39, 0.29) is 5.56 Å². The molecule has 2 nitrogen and oxygen atoms in total. The maximum absolute atomic E-state index is 11.3. The number of fused-ring (bicyclic) bond motifs is 1. The predicted molar refractivity (Wildman–Crippen MR) is 53.0 cm³/mol. The third-order valence-electron chi connectivity index (χ3n) is 2.86. The number of hydrogen-bond acceptors (Lipinski definition) is 1. The van der Waals surface area contributed by atoms with Gasteiger partial charge in [-0.25, -0.2) is 0 Å². The Morgan fingerprint density at radius 2 is 2.31 bits per heavy atom. The molecule has 1 N–H and O–H groups in total. The Kier molecular flexibility index (Phi) is 1.98. The van der Waals surface area contributed by atoms with Crippen molar-refractivity contribution in [3.63, 3.8) is 0 Å². The second kappa shape index (κ2) is 3.02. The molecule has 1 aromatic rings. The first-order valence-corrected chi connectivity index (χ1v) is 4.88. The number of aryl methyl sites for hydroxylation is 2. The number of hydrogen-bond donors (Lipinski definition) is 1. The zero-order valence-electron chi connectivity index (χ0n) is 8.18. The molecular weight excluding hydrogens is 162 g/mol. The molecule has 1 aliphatic rings. The lowest BCUT2D eigenvalue weighted by Gasteiger charge is -2.20. The van der Waals surface area contributed by atoms with Gasteiger partial charge in [0, 0.05) is 11.3 Å². The van der Waals surface area contributed by atoms with E-state index in [1.54, 1.807) is 0 Å². The molecule has 1 atom stereocenters. The summed E-state index contributed by atoms with van der Waals surface area (Å²) < 4.78 is 0. The lowest BCUT2D eigenvalue weighted by atomic mass is 9.88. The first-order valence-electron chi connectivity index (χ1n) is 4.88. The van der Waals surface area contributed by atoms with Crippen molar-refractivity contribution in [3.8, 4) is 0 Å². The van der Waals surface area contributed by atoms with Crippen molar-refractivity contribution in [1.29, 1.82) is 0 Å². The van der Waals surface area contributed by atoms with E-state index in [1.165, 1.54) is 12.0 Å². The van der Waals surface area contributed by atoms with Gasteiger partial charge in [0.2, 0.25) is 0 Å². The fraction of sp³-hybridized carbons (Fsp3) is 0.545. The molecule has 1 aromatic heterocycles. The van der Waals surface area contributed by atoms with Crippen molar-refractivity contribution < 1.29 is 0 Å². The summed E-state index contributed by atoms with van der Waals surface area (Å²) in [5.41, 5.74) is 3.42. The van der Waals surface area contributed by atoms with Crippen LogP contribution in [0, 0.1) is 12.8 Å². The molecule has 13 heavy (non-hydrogen) atoms. The van der Waals surface area contributed by atoms with E-state index < -0.39 is 0 Å². The first kappa shape index (κ1) is 8.54. The zero-order valence-corrected chi connectivity index (χ0v) is 8.18. The van der Waals surface area contributed by atoms with Gasteiger partial charge < -0.3 is 4.98 Å². The molecule has 2 rings (SSSR count). The van der Waals surface area contributed by atoms with Gasteiger partial charge in [0.05, 0.1) is 0 Å². The van der Waals surface area contributed by atoms with Gasteiger partial charge in [-0.15, -0.1) is 0 Å². The second-order valence-electron chi connectivity index (χ2n) is 4.13. The van der Waals surface area contributed by atoms with Crippen molar-refractivity contribution >= 4 is 0 Å². The Morgan fingerprint density at radius 1 is 1.54 bits per heavy atom. The second-order valence-corrected chi connectivity index (χ2v) is 4.13. The van der Waals surface area contributed by atoms with Crippen LogP contribution >= 0.6 is 0 Å². The summed E-state index contributed by atoms with van der Waals surface area (Å²) in [4.78, 5) is 14.3. The van der Waals surface area contributed by atoms with Crippen molar-refractivity contribution in [2.45, 2.75) is 33.1 Å². The van der Waals surface area contributed by atoms with E-state index in [9.17, 15) is 4.79 Å². The summed E-state index contributed by atoms with van der Waals surface area (Å²) in [7, 11) is 0. The number of aromatic nitrogens is 1. The van der Waals surface area contributed by atoms with E-state index in [1.807, 2.05) is 13.0 Å². The van der Waals surface area contributed by atoms with Gasteiger partial charge in [0.15, 0.2) is 0 Å². The fourth-order valence-electron chi connectivity index (χ4n) is 1.99. The van der Waals surface area contributed by atoms with Gasteiger partial charge in [-0.2, -0.15) is 0 Å². The minimum atomic E-state index is 0.0767. The van der Waals surface area contributed by atoms with E-state index in [4.69, 9.17) is 0 Å². The number of aromatic amines is 1. The molecule has 70 valence electrons. The van der Waals surface area contributed by atoms with Gasteiger partial charge in [0.1, 0.15) is 0 Å². The summed E-state index contributed by atoms with van der Waals surface area (Å²) in [5, 5.41) is 0. The third kappa shape index (κ3) is 1.53. The quantitative estimate of drug-likeness (QED) is 0.644.